The van der Waals surface area contributed by atoms with E-state index in [0.29, 0.717) is 6.42 Å². The van der Waals surface area contributed by atoms with E-state index in [2.05, 4.69) is 9.98 Å². The summed E-state index contributed by atoms with van der Waals surface area (Å²) >= 11 is 0. The summed E-state index contributed by atoms with van der Waals surface area (Å²) in [6.07, 6.45) is 4.90. The number of esters is 1. The Morgan fingerprint density at radius 3 is 2.58 bits per heavy atom. The van der Waals surface area contributed by atoms with Gasteiger partial charge in [-0.15, -0.1) is 0 Å². The molecular formula is C20H21F2N5O4. The van der Waals surface area contributed by atoms with Gasteiger partial charge in [0.25, 0.3) is 0 Å². The lowest BCUT2D eigenvalue weighted by Crippen LogP contribution is -2.56. The van der Waals surface area contributed by atoms with E-state index in [4.69, 9.17) is 4.74 Å². The number of benzene rings is 1. The Morgan fingerprint density at radius 1 is 1.26 bits per heavy atom. The number of methoxy groups -OCH3 is 1. The molecule has 31 heavy (non-hydrogen) atoms. The topological polar surface area (TPSA) is 97.1 Å². The summed E-state index contributed by atoms with van der Waals surface area (Å²) in [5.41, 5.74) is 0.146. The minimum Gasteiger partial charge on any atom is -0.468 e. The minimum absolute atomic E-state index is 0.0485. The molecule has 0 spiro atoms. The maximum Gasteiger partial charge on any atom is 0.352 e. The predicted molar refractivity (Wildman–Crippen MR) is 106 cm³/mol. The van der Waals surface area contributed by atoms with Gasteiger partial charge in [-0.25, -0.2) is 42.9 Å². The molecule has 2 aromatic rings. The van der Waals surface area contributed by atoms with Gasteiger partial charge >= 0.3 is 18.0 Å². The number of carbonyl (C=O) groups is 3. The SMILES string of the molecule is CCCN(C(=O)N1C(=O)N=C(C)C(C(=O)OC)C1c1ccc(F)c(F)c1)n1ccnc1. The highest BCUT2D eigenvalue weighted by atomic mass is 19.2. The van der Waals surface area contributed by atoms with E-state index >= 15 is 0 Å². The van der Waals surface area contributed by atoms with E-state index in [1.54, 1.807) is 0 Å². The van der Waals surface area contributed by atoms with Gasteiger partial charge in [0.2, 0.25) is 0 Å². The molecule has 4 amide bonds. The second-order valence-electron chi connectivity index (χ2n) is 6.87. The average molecular weight is 433 g/mol. The molecule has 0 N–H and O–H groups in total. The molecule has 0 radical (unpaired) electrons. The van der Waals surface area contributed by atoms with Crippen LogP contribution < -0.4 is 5.01 Å². The summed E-state index contributed by atoms with van der Waals surface area (Å²) in [7, 11) is 1.15. The van der Waals surface area contributed by atoms with Crippen LogP contribution in [0.4, 0.5) is 18.4 Å². The van der Waals surface area contributed by atoms with Crippen molar-refractivity contribution < 1.29 is 27.9 Å². The molecule has 1 aromatic carbocycles. The van der Waals surface area contributed by atoms with Crippen molar-refractivity contribution in [3.63, 3.8) is 0 Å². The van der Waals surface area contributed by atoms with Crippen LogP contribution in [0, 0.1) is 17.6 Å². The van der Waals surface area contributed by atoms with Crippen LogP contribution >= 0.6 is 0 Å². The van der Waals surface area contributed by atoms with Crippen molar-refractivity contribution in [3.05, 3.63) is 54.1 Å². The van der Waals surface area contributed by atoms with Gasteiger partial charge in [-0.3, -0.25) is 4.79 Å². The number of aliphatic imine (C=N–C) groups is 1. The first-order valence-corrected chi connectivity index (χ1v) is 9.51. The molecule has 0 saturated carbocycles. The van der Waals surface area contributed by atoms with Crippen LogP contribution in [0.15, 0.2) is 41.9 Å². The van der Waals surface area contributed by atoms with Gasteiger partial charge in [0, 0.05) is 24.7 Å². The Hall–Kier alpha value is -3.63. The molecule has 2 heterocycles. The van der Waals surface area contributed by atoms with E-state index in [-0.39, 0.29) is 17.8 Å². The number of aromatic nitrogens is 2. The van der Waals surface area contributed by atoms with Crippen LogP contribution in [-0.4, -0.2) is 52.0 Å². The van der Waals surface area contributed by atoms with Crippen molar-refractivity contribution in [1.29, 1.82) is 0 Å². The van der Waals surface area contributed by atoms with Crippen LogP contribution in [0.5, 0.6) is 0 Å². The smallest absolute Gasteiger partial charge is 0.352 e. The van der Waals surface area contributed by atoms with E-state index < -0.39 is 41.6 Å². The van der Waals surface area contributed by atoms with Gasteiger partial charge < -0.3 is 4.74 Å². The number of rotatable bonds is 5. The molecule has 1 aromatic heterocycles. The summed E-state index contributed by atoms with van der Waals surface area (Å²) in [5, 5.41) is 1.24. The largest absolute Gasteiger partial charge is 0.468 e. The zero-order valence-electron chi connectivity index (χ0n) is 17.2. The molecular weight excluding hydrogens is 412 g/mol. The fourth-order valence-electron chi connectivity index (χ4n) is 3.48. The molecule has 164 valence electrons. The number of hydrogen-bond acceptors (Lipinski definition) is 5. The van der Waals surface area contributed by atoms with Crippen molar-refractivity contribution in [2.24, 2.45) is 10.9 Å². The second-order valence-corrected chi connectivity index (χ2v) is 6.87. The molecule has 2 atom stereocenters. The molecule has 2 unspecified atom stereocenters. The number of nitrogens with zero attached hydrogens (tertiary/aromatic N) is 5. The van der Waals surface area contributed by atoms with Crippen molar-refractivity contribution in [1.82, 2.24) is 14.6 Å². The first kappa shape index (κ1) is 22.1. The van der Waals surface area contributed by atoms with E-state index in [0.717, 1.165) is 24.1 Å². The zero-order valence-corrected chi connectivity index (χ0v) is 17.2. The normalized spacial score (nSPS) is 18.5. The highest BCUT2D eigenvalue weighted by molar-refractivity contribution is 6.12. The number of hydrogen-bond donors (Lipinski definition) is 0. The first-order chi connectivity index (χ1) is 14.8. The predicted octanol–water partition coefficient (Wildman–Crippen LogP) is 3.06. The third-order valence-electron chi connectivity index (χ3n) is 4.89. The third-order valence-corrected chi connectivity index (χ3v) is 4.89. The highest BCUT2D eigenvalue weighted by Crippen LogP contribution is 2.36. The Kier molecular flexibility index (Phi) is 6.42. The van der Waals surface area contributed by atoms with Crippen LogP contribution in [0.3, 0.4) is 0 Å². The van der Waals surface area contributed by atoms with E-state index in [1.807, 2.05) is 6.92 Å². The van der Waals surface area contributed by atoms with Crippen molar-refractivity contribution >= 4 is 23.7 Å². The number of amides is 4. The molecule has 3 rings (SSSR count). The zero-order chi connectivity index (χ0) is 22.7. The fraction of sp³-hybridized carbons (Fsp3) is 0.350. The summed E-state index contributed by atoms with van der Waals surface area (Å²) < 4.78 is 33.8. The summed E-state index contributed by atoms with van der Waals surface area (Å²) in [6, 6.07) is -0.0885. The quantitative estimate of drug-likeness (QED) is 0.675. The van der Waals surface area contributed by atoms with Gasteiger partial charge in [-0.2, -0.15) is 0 Å². The van der Waals surface area contributed by atoms with Gasteiger partial charge in [-0.1, -0.05) is 13.0 Å². The van der Waals surface area contributed by atoms with Gasteiger partial charge in [0.15, 0.2) is 11.6 Å². The number of carbonyl (C=O) groups excluding carboxylic acids is 3. The van der Waals surface area contributed by atoms with Crippen molar-refractivity contribution in [2.45, 2.75) is 26.3 Å². The summed E-state index contributed by atoms with van der Waals surface area (Å²) in [4.78, 5) is 47.4. The molecule has 0 saturated heterocycles. The maximum absolute atomic E-state index is 14.0. The lowest BCUT2D eigenvalue weighted by atomic mass is 9.87. The summed E-state index contributed by atoms with van der Waals surface area (Å²) in [5.74, 6) is -4.25. The summed E-state index contributed by atoms with van der Waals surface area (Å²) in [6.45, 7) is 3.49. The number of halogens is 2. The van der Waals surface area contributed by atoms with Gasteiger partial charge in [-0.05, 0) is 31.0 Å². The molecule has 0 bridgehead atoms. The lowest BCUT2D eigenvalue weighted by Gasteiger charge is -2.39. The standard InChI is InChI=1S/C20H21F2N5O4/c1-4-8-26(25-9-7-23-11-25)20(30)27-17(13-5-6-14(21)15(22)10-13)16(18(28)31-3)12(2)24-19(27)29/h5-7,9-11,16-17H,4,8H2,1-3H3. The Bertz CT molecular complexity index is 1020. The van der Waals surface area contributed by atoms with Gasteiger partial charge in [0.1, 0.15) is 12.2 Å². The fourth-order valence-corrected chi connectivity index (χ4v) is 3.48. The van der Waals surface area contributed by atoms with Crippen LogP contribution in [-0.2, 0) is 9.53 Å². The average Bonchev–Trinajstić information content (AvgIpc) is 3.27. The number of urea groups is 2. The number of ether oxygens (including phenoxy) is 1. The molecule has 0 fully saturated rings. The highest BCUT2D eigenvalue weighted by Gasteiger charge is 2.47. The molecule has 0 aliphatic carbocycles. The molecule has 1 aliphatic heterocycles. The van der Waals surface area contributed by atoms with Crippen LogP contribution in [0.25, 0.3) is 0 Å². The Labute approximate surface area is 176 Å². The minimum atomic E-state index is -1.29. The van der Waals surface area contributed by atoms with E-state index in [9.17, 15) is 23.2 Å². The monoisotopic (exact) mass is 433 g/mol. The van der Waals surface area contributed by atoms with E-state index in [1.165, 1.54) is 41.4 Å². The maximum atomic E-state index is 14.0. The molecule has 11 heteroatoms. The Morgan fingerprint density at radius 2 is 2.00 bits per heavy atom. The van der Waals surface area contributed by atoms with Crippen molar-refractivity contribution in [3.8, 4) is 0 Å². The van der Waals surface area contributed by atoms with Gasteiger partial charge in [0.05, 0.1) is 13.2 Å². The number of imide groups is 1. The van der Waals surface area contributed by atoms with Crippen LogP contribution in [0.2, 0.25) is 0 Å². The molecule has 9 nitrogen and oxygen atoms in total. The number of imidazole rings is 1. The van der Waals surface area contributed by atoms with Crippen LogP contribution in [0.1, 0.15) is 31.9 Å². The first-order valence-electron chi connectivity index (χ1n) is 9.51. The third kappa shape index (κ3) is 4.16. The second kappa shape index (κ2) is 9.02. The van der Waals surface area contributed by atoms with Crippen molar-refractivity contribution in [2.75, 3.05) is 18.7 Å². The lowest BCUT2D eigenvalue weighted by molar-refractivity contribution is -0.144. The molecule has 1 aliphatic rings. The Balaban J connectivity index is 2.16.